The van der Waals surface area contributed by atoms with Gasteiger partial charge in [0.25, 0.3) is 0 Å². The third-order valence-electron chi connectivity index (χ3n) is 1.42. The number of rotatable bonds is 2. The van der Waals surface area contributed by atoms with Gasteiger partial charge in [-0.05, 0) is 20.8 Å². The van der Waals surface area contributed by atoms with Crippen molar-refractivity contribution in [3.8, 4) is 0 Å². The van der Waals surface area contributed by atoms with Crippen LogP contribution in [0.25, 0.3) is 0 Å². The zero-order valence-electron chi connectivity index (χ0n) is 8.03. The molecule has 13 heavy (non-hydrogen) atoms. The average Bonchev–Trinajstić information content (AvgIpc) is 2.50. The zero-order valence-corrected chi connectivity index (χ0v) is 8.85. The van der Waals surface area contributed by atoms with Crippen LogP contribution in [0.1, 0.15) is 25.8 Å². The van der Waals surface area contributed by atoms with Gasteiger partial charge in [0, 0.05) is 11.6 Å². The third kappa shape index (κ3) is 3.14. The van der Waals surface area contributed by atoms with Gasteiger partial charge in [0.05, 0.1) is 5.41 Å². The molecule has 1 heterocycles. The van der Waals surface area contributed by atoms with E-state index in [9.17, 15) is 4.79 Å². The molecule has 1 aromatic heterocycles. The van der Waals surface area contributed by atoms with Gasteiger partial charge in [0.15, 0.2) is 0 Å². The first kappa shape index (κ1) is 10.2. The Morgan fingerprint density at radius 3 is 2.77 bits per heavy atom. The highest BCUT2D eigenvalue weighted by atomic mass is 32.1. The molecule has 0 amide bonds. The highest BCUT2D eigenvalue weighted by Gasteiger charge is 2.23. The summed E-state index contributed by atoms with van der Waals surface area (Å²) in [5.41, 5.74) is -0.433. The van der Waals surface area contributed by atoms with Crippen LogP contribution in [0.15, 0.2) is 11.6 Å². The number of hydrogen-bond acceptors (Lipinski definition) is 4. The molecule has 0 unspecified atom stereocenters. The third-order valence-corrected chi connectivity index (χ3v) is 2.18. The van der Waals surface area contributed by atoms with E-state index in [2.05, 4.69) is 4.98 Å². The highest BCUT2D eigenvalue weighted by molar-refractivity contribution is 7.09. The van der Waals surface area contributed by atoms with Crippen molar-refractivity contribution >= 4 is 17.3 Å². The van der Waals surface area contributed by atoms with E-state index in [0.29, 0.717) is 0 Å². The predicted molar refractivity (Wildman–Crippen MR) is 51.4 cm³/mol. The van der Waals surface area contributed by atoms with Gasteiger partial charge in [0.1, 0.15) is 11.6 Å². The summed E-state index contributed by atoms with van der Waals surface area (Å²) in [6.45, 7) is 5.78. The van der Waals surface area contributed by atoms with E-state index in [1.807, 2.05) is 26.2 Å². The molecule has 0 saturated carbocycles. The topological polar surface area (TPSA) is 39.2 Å². The molecule has 0 fully saturated rings. The quantitative estimate of drug-likeness (QED) is 0.686. The van der Waals surface area contributed by atoms with E-state index in [1.54, 1.807) is 6.20 Å². The summed E-state index contributed by atoms with van der Waals surface area (Å²) in [7, 11) is 0. The Kier molecular flexibility index (Phi) is 3.03. The van der Waals surface area contributed by atoms with Crippen molar-refractivity contribution in [1.29, 1.82) is 0 Å². The van der Waals surface area contributed by atoms with Gasteiger partial charge in [-0.2, -0.15) is 0 Å². The second-order valence-corrected chi connectivity index (χ2v) is 4.73. The molecule has 0 spiro atoms. The Hall–Kier alpha value is -0.900. The number of hydrogen-bond donors (Lipinski definition) is 0. The van der Waals surface area contributed by atoms with Gasteiger partial charge in [0.2, 0.25) is 0 Å². The van der Waals surface area contributed by atoms with E-state index in [1.165, 1.54) is 11.3 Å². The van der Waals surface area contributed by atoms with Crippen molar-refractivity contribution in [2.75, 3.05) is 0 Å². The molecule has 1 rings (SSSR count). The Bertz CT molecular complexity index is 274. The predicted octanol–water partition coefficient (Wildman–Crippen LogP) is 2.23. The summed E-state index contributed by atoms with van der Waals surface area (Å²) < 4.78 is 5.06. The van der Waals surface area contributed by atoms with E-state index in [-0.39, 0.29) is 12.6 Å². The van der Waals surface area contributed by atoms with Gasteiger partial charge in [-0.15, -0.1) is 11.3 Å². The molecule has 3 nitrogen and oxygen atoms in total. The molecule has 1 aromatic rings. The summed E-state index contributed by atoms with van der Waals surface area (Å²) in [5, 5.41) is 2.69. The van der Waals surface area contributed by atoms with Crippen molar-refractivity contribution < 1.29 is 9.53 Å². The lowest BCUT2D eigenvalue weighted by molar-refractivity contribution is -0.154. The molecule has 0 aliphatic carbocycles. The largest absolute Gasteiger partial charge is 0.458 e. The second kappa shape index (κ2) is 3.87. The summed E-state index contributed by atoms with van der Waals surface area (Å²) in [6.07, 6.45) is 1.70. The van der Waals surface area contributed by atoms with Gasteiger partial charge < -0.3 is 4.74 Å². The maximum Gasteiger partial charge on any atom is 0.311 e. The van der Waals surface area contributed by atoms with Gasteiger partial charge >= 0.3 is 5.97 Å². The maximum atomic E-state index is 11.3. The van der Waals surface area contributed by atoms with Crippen LogP contribution < -0.4 is 0 Å². The minimum atomic E-state index is -0.433. The molecule has 0 saturated heterocycles. The van der Waals surface area contributed by atoms with Crippen LogP contribution in [0, 0.1) is 5.41 Å². The van der Waals surface area contributed by atoms with Crippen molar-refractivity contribution in [1.82, 2.24) is 4.98 Å². The Labute approximate surface area is 81.8 Å². The Balaban J connectivity index is 2.40. The first-order valence-electron chi connectivity index (χ1n) is 4.06. The van der Waals surface area contributed by atoms with E-state index in [4.69, 9.17) is 4.74 Å². The number of nitrogens with zero attached hydrogens (tertiary/aromatic N) is 1. The molecular formula is C9H13NO2S. The zero-order chi connectivity index (χ0) is 9.90. The molecule has 0 N–H and O–H groups in total. The smallest absolute Gasteiger partial charge is 0.311 e. The molecule has 72 valence electrons. The average molecular weight is 199 g/mol. The SMILES string of the molecule is CC(C)(C)C(=O)OCc1nccs1. The second-order valence-electron chi connectivity index (χ2n) is 3.75. The van der Waals surface area contributed by atoms with Crippen molar-refractivity contribution in [2.45, 2.75) is 27.4 Å². The minimum absolute atomic E-state index is 0.192. The first-order valence-corrected chi connectivity index (χ1v) is 4.94. The lowest BCUT2D eigenvalue weighted by atomic mass is 9.97. The number of esters is 1. The summed E-state index contributed by atoms with van der Waals surface area (Å²) in [6, 6.07) is 0. The van der Waals surface area contributed by atoms with E-state index >= 15 is 0 Å². The number of ether oxygens (including phenoxy) is 1. The van der Waals surface area contributed by atoms with Gasteiger partial charge in [-0.3, -0.25) is 4.79 Å². The van der Waals surface area contributed by atoms with E-state index < -0.39 is 5.41 Å². The standard InChI is InChI=1S/C9H13NO2S/c1-9(2,3)8(11)12-6-7-10-4-5-13-7/h4-5H,6H2,1-3H3. The minimum Gasteiger partial charge on any atom is -0.458 e. The number of carbonyl (C=O) groups excluding carboxylic acids is 1. The molecule has 0 atom stereocenters. The van der Waals surface area contributed by atoms with Crippen LogP contribution in [0.5, 0.6) is 0 Å². The van der Waals surface area contributed by atoms with Crippen molar-refractivity contribution in [3.05, 3.63) is 16.6 Å². The maximum absolute atomic E-state index is 11.3. The molecule has 0 aliphatic rings. The summed E-state index contributed by atoms with van der Waals surface area (Å²) >= 11 is 1.49. The van der Waals surface area contributed by atoms with Gasteiger partial charge in [-0.25, -0.2) is 4.98 Å². The van der Waals surface area contributed by atoms with Crippen LogP contribution in [-0.4, -0.2) is 11.0 Å². The normalized spacial score (nSPS) is 11.3. The lowest BCUT2D eigenvalue weighted by Gasteiger charge is -2.15. The van der Waals surface area contributed by atoms with E-state index in [0.717, 1.165) is 5.01 Å². The van der Waals surface area contributed by atoms with Crippen molar-refractivity contribution in [3.63, 3.8) is 0 Å². The van der Waals surface area contributed by atoms with Crippen molar-refractivity contribution in [2.24, 2.45) is 5.41 Å². The van der Waals surface area contributed by atoms with Crippen LogP contribution in [0.2, 0.25) is 0 Å². The molecule has 0 aliphatic heterocycles. The highest BCUT2D eigenvalue weighted by Crippen LogP contribution is 2.16. The monoisotopic (exact) mass is 199 g/mol. The Morgan fingerprint density at radius 2 is 2.31 bits per heavy atom. The molecule has 0 bridgehead atoms. The van der Waals surface area contributed by atoms with Crippen LogP contribution in [0.3, 0.4) is 0 Å². The van der Waals surface area contributed by atoms with Crippen LogP contribution >= 0.6 is 11.3 Å². The Morgan fingerprint density at radius 1 is 1.62 bits per heavy atom. The molecule has 0 radical (unpaired) electrons. The fraction of sp³-hybridized carbons (Fsp3) is 0.556. The first-order chi connectivity index (χ1) is 6.00. The molecular weight excluding hydrogens is 186 g/mol. The van der Waals surface area contributed by atoms with Gasteiger partial charge in [-0.1, -0.05) is 0 Å². The fourth-order valence-electron chi connectivity index (χ4n) is 0.668. The van der Waals surface area contributed by atoms with Crippen LogP contribution in [0.4, 0.5) is 0 Å². The summed E-state index contributed by atoms with van der Waals surface area (Å²) in [5.74, 6) is -0.192. The van der Waals surface area contributed by atoms with Crippen LogP contribution in [-0.2, 0) is 16.1 Å². The fourth-order valence-corrected chi connectivity index (χ4v) is 1.20. The number of thiazole rings is 1. The molecule has 0 aromatic carbocycles. The molecule has 4 heteroatoms. The summed E-state index contributed by atoms with van der Waals surface area (Å²) in [4.78, 5) is 15.3. The number of aromatic nitrogens is 1. The lowest BCUT2D eigenvalue weighted by Crippen LogP contribution is -2.22. The number of carbonyl (C=O) groups is 1.